The van der Waals surface area contributed by atoms with Gasteiger partial charge < -0.3 is 5.73 Å². The zero-order chi connectivity index (χ0) is 14.1. The average Bonchev–Trinajstić information content (AvgIpc) is 2.47. The number of pyridine rings is 1. The Morgan fingerprint density at radius 2 is 2.15 bits per heavy atom. The summed E-state index contributed by atoms with van der Waals surface area (Å²) in [6.45, 7) is 1.52. The van der Waals surface area contributed by atoms with Crippen molar-refractivity contribution in [2.75, 3.05) is 20.1 Å². The summed E-state index contributed by atoms with van der Waals surface area (Å²) in [5.41, 5.74) is 9.56. The second-order valence-electron chi connectivity index (χ2n) is 5.27. The molecule has 3 nitrogen and oxygen atoms in total. The minimum atomic E-state index is 0.226. The van der Waals surface area contributed by atoms with E-state index in [1.807, 2.05) is 30.5 Å². The lowest BCUT2D eigenvalue weighted by molar-refractivity contribution is 0.222. The lowest BCUT2D eigenvalue weighted by Crippen LogP contribution is -2.39. The Labute approximate surface area is 124 Å². The lowest BCUT2D eigenvalue weighted by atomic mass is 9.83. The quantitative estimate of drug-likeness (QED) is 0.923. The van der Waals surface area contributed by atoms with Crippen molar-refractivity contribution in [3.63, 3.8) is 0 Å². The minimum absolute atomic E-state index is 0.226. The normalized spacial score (nSPS) is 22.6. The first kappa shape index (κ1) is 13.6. The SMILES string of the molecule is CN1CC(c2ccccn2)c2ccc(Cl)cc2C1CN. The Hall–Kier alpha value is -1.42. The standard InChI is InChI=1S/C16H18ClN3/c1-20-10-14(15-4-2-3-7-19-15)12-6-5-11(17)8-13(12)16(20)9-18/h2-8,14,16H,9-10,18H2,1H3. The Kier molecular flexibility index (Phi) is 3.74. The Balaban J connectivity index is 2.11. The topological polar surface area (TPSA) is 42.2 Å². The summed E-state index contributed by atoms with van der Waals surface area (Å²) in [7, 11) is 2.11. The molecule has 0 saturated heterocycles. The number of likely N-dealkylation sites (N-methyl/N-ethyl adjacent to an activating group) is 1. The number of aromatic nitrogens is 1. The van der Waals surface area contributed by atoms with Gasteiger partial charge in [-0.25, -0.2) is 0 Å². The Morgan fingerprint density at radius 1 is 1.30 bits per heavy atom. The maximum Gasteiger partial charge on any atom is 0.0491 e. The molecule has 2 unspecified atom stereocenters. The van der Waals surface area contributed by atoms with Crippen LogP contribution in [0.5, 0.6) is 0 Å². The van der Waals surface area contributed by atoms with Crippen molar-refractivity contribution >= 4 is 11.6 Å². The van der Waals surface area contributed by atoms with Gasteiger partial charge in [0.15, 0.2) is 0 Å². The molecule has 1 aromatic carbocycles. The molecule has 4 heteroatoms. The fourth-order valence-corrected chi connectivity index (χ4v) is 3.22. The van der Waals surface area contributed by atoms with Crippen molar-refractivity contribution in [3.8, 4) is 0 Å². The van der Waals surface area contributed by atoms with E-state index >= 15 is 0 Å². The maximum absolute atomic E-state index is 6.17. The van der Waals surface area contributed by atoms with Gasteiger partial charge >= 0.3 is 0 Å². The molecule has 20 heavy (non-hydrogen) atoms. The number of nitrogens with two attached hydrogens (primary N) is 1. The molecular weight excluding hydrogens is 270 g/mol. The number of fused-ring (bicyclic) bond motifs is 1. The van der Waals surface area contributed by atoms with Crippen molar-refractivity contribution in [1.29, 1.82) is 0 Å². The summed E-state index contributed by atoms with van der Waals surface area (Å²) >= 11 is 6.17. The van der Waals surface area contributed by atoms with E-state index in [2.05, 4.69) is 29.1 Å². The third-order valence-corrected chi connectivity index (χ3v) is 4.29. The van der Waals surface area contributed by atoms with E-state index in [1.165, 1.54) is 11.1 Å². The molecule has 0 spiro atoms. The van der Waals surface area contributed by atoms with Crippen LogP contribution >= 0.6 is 11.6 Å². The molecule has 0 saturated carbocycles. The molecule has 104 valence electrons. The van der Waals surface area contributed by atoms with Gasteiger partial charge in [0.1, 0.15) is 0 Å². The number of halogens is 1. The van der Waals surface area contributed by atoms with Crippen LogP contribution in [-0.2, 0) is 0 Å². The Bertz CT molecular complexity index is 600. The number of hydrogen-bond acceptors (Lipinski definition) is 3. The smallest absolute Gasteiger partial charge is 0.0491 e. The second-order valence-corrected chi connectivity index (χ2v) is 5.71. The van der Waals surface area contributed by atoms with Gasteiger partial charge in [-0.2, -0.15) is 0 Å². The summed E-state index contributed by atoms with van der Waals surface area (Å²) in [5.74, 6) is 0.274. The van der Waals surface area contributed by atoms with E-state index in [-0.39, 0.29) is 12.0 Å². The summed E-state index contributed by atoms with van der Waals surface area (Å²) < 4.78 is 0. The van der Waals surface area contributed by atoms with Gasteiger partial charge in [0.2, 0.25) is 0 Å². The Morgan fingerprint density at radius 3 is 2.85 bits per heavy atom. The molecule has 0 aliphatic carbocycles. The molecular formula is C16H18ClN3. The highest BCUT2D eigenvalue weighted by molar-refractivity contribution is 6.30. The van der Waals surface area contributed by atoms with Crippen molar-refractivity contribution in [2.24, 2.45) is 5.73 Å². The predicted octanol–water partition coefficient (Wildman–Crippen LogP) is 2.81. The van der Waals surface area contributed by atoms with Crippen LogP contribution < -0.4 is 5.73 Å². The highest BCUT2D eigenvalue weighted by Crippen LogP contribution is 2.38. The molecule has 1 aliphatic heterocycles. The molecule has 1 aliphatic rings. The number of hydrogen-bond donors (Lipinski definition) is 1. The molecule has 0 fully saturated rings. The zero-order valence-corrected chi connectivity index (χ0v) is 12.2. The van der Waals surface area contributed by atoms with Crippen LogP contribution in [0, 0.1) is 0 Å². The molecule has 2 heterocycles. The van der Waals surface area contributed by atoms with Gasteiger partial charge in [-0.15, -0.1) is 0 Å². The van der Waals surface area contributed by atoms with Gasteiger partial charge in [0.05, 0.1) is 0 Å². The van der Waals surface area contributed by atoms with Crippen LogP contribution in [0.3, 0.4) is 0 Å². The highest BCUT2D eigenvalue weighted by Gasteiger charge is 2.31. The lowest BCUT2D eigenvalue weighted by Gasteiger charge is -2.38. The van der Waals surface area contributed by atoms with Crippen LogP contribution in [0.1, 0.15) is 28.8 Å². The summed E-state index contributed by atoms with van der Waals surface area (Å²) in [5, 5.41) is 0.761. The first-order valence-corrected chi connectivity index (χ1v) is 7.19. The number of nitrogens with zero attached hydrogens (tertiary/aromatic N) is 2. The van der Waals surface area contributed by atoms with E-state index in [0.717, 1.165) is 17.3 Å². The van der Waals surface area contributed by atoms with Crippen molar-refractivity contribution in [2.45, 2.75) is 12.0 Å². The number of benzene rings is 1. The van der Waals surface area contributed by atoms with E-state index in [1.54, 1.807) is 0 Å². The van der Waals surface area contributed by atoms with Crippen LogP contribution in [-0.4, -0.2) is 30.0 Å². The largest absolute Gasteiger partial charge is 0.329 e. The molecule has 2 N–H and O–H groups in total. The van der Waals surface area contributed by atoms with Gasteiger partial charge in [-0.05, 0) is 42.4 Å². The van der Waals surface area contributed by atoms with E-state index in [0.29, 0.717) is 6.54 Å². The first-order chi connectivity index (χ1) is 9.70. The third kappa shape index (κ3) is 2.33. The van der Waals surface area contributed by atoms with Gasteiger partial charge in [-0.3, -0.25) is 9.88 Å². The number of rotatable bonds is 2. The van der Waals surface area contributed by atoms with Gasteiger partial charge in [0, 0.05) is 42.0 Å². The van der Waals surface area contributed by atoms with Crippen molar-refractivity contribution in [1.82, 2.24) is 9.88 Å². The molecule has 0 bridgehead atoms. The molecule has 0 radical (unpaired) electrons. The van der Waals surface area contributed by atoms with Crippen molar-refractivity contribution < 1.29 is 0 Å². The zero-order valence-electron chi connectivity index (χ0n) is 11.5. The second kappa shape index (κ2) is 5.52. The summed E-state index contributed by atoms with van der Waals surface area (Å²) in [6, 6.07) is 12.4. The van der Waals surface area contributed by atoms with E-state index in [9.17, 15) is 0 Å². The van der Waals surface area contributed by atoms with Crippen molar-refractivity contribution in [3.05, 3.63) is 64.4 Å². The molecule has 2 atom stereocenters. The van der Waals surface area contributed by atoms with Crippen LogP contribution in [0.2, 0.25) is 5.02 Å². The average molecular weight is 288 g/mol. The fraction of sp³-hybridized carbons (Fsp3) is 0.312. The molecule has 2 aromatic rings. The van der Waals surface area contributed by atoms with Crippen LogP contribution in [0.25, 0.3) is 0 Å². The highest BCUT2D eigenvalue weighted by atomic mass is 35.5. The molecule has 0 amide bonds. The van der Waals surface area contributed by atoms with E-state index < -0.39 is 0 Å². The molecule has 1 aromatic heterocycles. The maximum atomic E-state index is 6.17. The van der Waals surface area contributed by atoms with Crippen LogP contribution in [0.4, 0.5) is 0 Å². The monoisotopic (exact) mass is 287 g/mol. The van der Waals surface area contributed by atoms with Gasteiger partial charge in [-0.1, -0.05) is 23.7 Å². The summed E-state index contributed by atoms with van der Waals surface area (Å²) in [4.78, 5) is 6.81. The predicted molar refractivity (Wildman–Crippen MR) is 82.0 cm³/mol. The minimum Gasteiger partial charge on any atom is -0.329 e. The fourth-order valence-electron chi connectivity index (χ4n) is 3.04. The summed E-state index contributed by atoms with van der Waals surface area (Å²) in [6.07, 6.45) is 1.85. The molecule has 3 rings (SSSR count). The van der Waals surface area contributed by atoms with Gasteiger partial charge in [0.25, 0.3) is 0 Å². The van der Waals surface area contributed by atoms with E-state index in [4.69, 9.17) is 17.3 Å². The third-order valence-electron chi connectivity index (χ3n) is 4.05. The first-order valence-electron chi connectivity index (χ1n) is 6.81. The van der Waals surface area contributed by atoms with Crippen LogP contribution in [0.15, 0.2) is 42.6 Å².